The van der Waals surface area contributed by atoms with Gasteiger partial charge >= 0.3 is 6.03 Å². The van der Waals surface area contributed by atoms with Gasteiger partial charge in [-0.1, -0.05) is 6.07 Å². The van der Waals surface area contributed by atoms with Crippen molar-refractivity contribution in [2.24, 2.45) is 0 Å². The Hall–Kier alpha value is -2.11. The van der Waals surface area contributed by atoms with E-state index in [1.54, 1.807) is 4.90 Å². The number of nitrogens with one attached hydrogen (secondary N) is 2. The van der Waals surface area contributed by atoms with E-state index >= 15 is 0 Å². The zero-order chi connectivity index (χ0) is 18.3. The van der Waals surface area contributed by atoms with Crippen LogP contribution in [0.3, 0.4) is 0 Å². The number of carbonyl (C=O) groups is 1. The molecule has 0 unspecified atom stereocenters. The van der Waals surface area contributed by atoms with Crippen molar-refractivity contribution in [3.05, 3.63) is 28.3 Å². The molecule has 2 aliphatic carbocycles. The SMILES string of the molecule is N#CCN1CC(S(=O)(=O)NC(=O)Nc2c3c(cc4c2CCC4)CCC3)C1. The van der Waals surface area contributed by atoms with Crippen LogP contribution in [0.1, 0.15) is 35.1 Å². The fraction of sp³-hybridized carbons (Fsp3) is 0.556. The predicted octanol–water partition coefficient (Wildman–Crippen LogP) is 1.32. The average Bonchev–Trinajstić information content (AvgIpc) is 3.18. The molecular formula is C18H22N4O3S. The number of aryl methyl sites for hydroxylation is 2. The summed E-state index contributed by atoms with van der Waals surface area (Å²) in [5, 5.41) is 10.8. The van der Waals surface area contributed by atoms with Crippen molar-refractivity contribution in [2.75, 3.05) is 25.0 Å². The average molecular weight is 374 g/mol. The topological polar surface area (TPSA) is 102 Å². The van der Waals surface area contributed by atoms with Gasteiger partial charge < -0.3 is 5.32 Å². The number of anilines is 1. The summed E-state index contributed by atoms with van der Waals surface area (Å²) in [6.07, 6.45) is 6.04. The molecular weight excluding hydrogens is 352 g/mol. The molecule has 4 rings (SSSR count). The lowest BCUT2D eigenvalue weighted by Crippen LogP contribution is -2.58. The van der Waals surface area contributed by atoms with Crippen LogP contribution < -0.4 is 10.0 Å². The monoisotopic (exact) mass is 374 g/mol. The summed E-state index contributed by atoms with van der Waals surface area (Å²) >= 11 is 0. The van der Waals surface area contributed by atoms with Crippen molar-refractivity contribution in [3.8, 4) is 6.07 Å². The summed E-state index contributed by atoms with van der Waals surface area (Å²) in [7, 11) is -3.74. The minimum Gasteiger partial charge on any atom is -0.307 e. The number of hydrogen-bond acceptors (Lipinski definition) is 5. The van der Waals surface area contributed by atoms with E-state index in [-0.39, 0.29) is 19.6 Å². The second-order valence-electron chi connectivity index (χ2n) is 7.31. The fourth-order valence-corrected chi connectivity index (χ4v) is 5.56. The second-order valence-corrected chi connectivity index (χ2v) is 9.27. The van der Waals surface area contributed by atoms with Gasteiger partial charge in [0.25, 0.3) is 0 Å². The molecule has 3 aliphatic rings. The van der Waals surface area contributed by atoms with E-state index in [2.05, 4.69) is 16.1 Å². The van der Waals surface area contributed by atoms with Gasteiger partial charge in [-0.3, -0.25) is 4.90 Å². The third-order valence-electron chi connectivity index (χ3n) is 5.60. The number of amides is 2. The third-order valence-corrected chi connectivity index (χ3v) is 7.25. The zero-order valence-corrected chi connectivity index (χ0v) is 15.4. The Labute approximate surface area is 153 Å². The maximum absolute atomic E-state index is 12.4. The van der Waals surface area contributed by atoms with E-state index in [0.29, 0.717) is 0 Å². The first kappa shape index (κ1) is 17.3. The van der Waals surface area contributed by atoms with E-state index < -0.39 is 21.3 Å². The number of hydrogen-bond donors (Lipinski definition) is 2. The first-order valence-electron chi connectivity index (χ1n) is 9.06. The van der Waals surface area contributed by atoms with Gasteiger partial charge in [0.15, 0.2) is 0 Å². The van der Waals surface area contributed by atoms with Crippen molar-refractivity contribution in [1.82, 2.24) is 9.62 Å². The molecule has 1 heterocycles. The van der Waals surface area contributed by atoms with Gasteiger partial charge in [0.05, 0.1) is 12.6 Å². The molecule has 0 spiro atoms. The Kier molecular flexibility index (Phi) is 4.37. The van der Waals surface area contributed by atoms with Crippen molar-refractivity contribution in [3.63, 3.8) is 0 Å². The summed E-state index contributed by atoms with van der Waals surface area (Å²) in [4.78, 5) is 14.1. The van der Waals surface area contributed by atoms with Crippen molar-refractivity contribution >= 4 is 21.7 Å². The highest BCUT2D eigenvalue weighted by atomic mass is 32.2. The molecule has 1 fully saturated rings. The molecule has 138 valence electrons. The number of urea groups is 1. The first-order valence-corrected chi connectivity index (χ1v) is 10.6. The van der Waals surface area contributed by atoms with Crippen LogP contribution in [0.15, 0.2) is 6.07 Å². The van der Waals surface area contributed by atoms with E-state index in [0.717, 1.165) is 44.2 Å². The van der Waals surface area contributed by atoms with Gasteiger partial charge in [0, 0.05) is 18.8 Å². The van der Waals surface area contributed by atoms with Crippen molar-refractivity contribution in [1.29, 1.82) is 5.26 Å². The van der Waals surface area contributed by atoms with Crippen molar-refractivity contribution in [2.45, 2.75) is 43.8 Å². The number of fused-ring (bicyclic) bond motifs is 2. The summed E-state index contributed by atoms with van der Waals surface area (Å²) in [5.74, 6) is 0. The number of likely N-dealkylation sites (tertiary alicyclic amines) is 1. The van der Waals surface area contributed by atoms with Gasteiger partial charge in [-0.05, 0) is 60.8 Å². The quantitative estimate of drug-likeness (QED) is 0.774. The molecule has 0 saturated carbocycles. The highest BCUT2D eigenvalue weighted by Crippen LogP contribution is 2.38. The Morgan fingerprint density at radius 1 is 1.15 bits per heavy atom. The Bertz CT molecular complexity index is 866. The minimum absolute atomic E-state index is 0.209. The number of benzene rings is 1. The summed E-state index contributed by atoms with van der Waals surface area (Å²) < 4.78 is 26.9. The largest absolute Gasteiger partial charge is 0.332 e. The standard InChI is InChI=1S/C18H22N4O3S/c19-7-8-22-10-14(11-22)26(24,25)21-18(23)20-17-15-5-1-3-12(15)9-13-4-2-6-16(13)17/h9,14H,1-6,8,10-11H2,(H2,20,21,23). The number of carbonyl (C=O) groups excluding carboxylic acids is 1. The van der Waals surface area contributed by atoms with Crippen LogP contribution >= 0.6 is 0 Å². The number of sulfonamides is 1. The van der Waals surface area contributed by atoms with Crippen LogP contribution in [0.5, 0.6) is 0 Å². The van der Waals surface area contributed by atoms with Gasteiger partial charge in [-0.15, -0.1) is 0 Å². The summed E-state index contributed by atoms with van der Waals surface area (Å²) in [6, 6.07) is 3.58. The zero-order valence-electron chi connectivity index (χ0n) is 14.5. The highest BCUT2D eigenvalue weighted by Gasteiger charge is 2.38. The van der Waals surface area contributed by atoms with Crippen molar-refractivity contribution < 1.29 is 13.2 Å². The van der Waals surface area contributed by atoms with Gasteiger partial charge in [0.1, 0.15) is 5.25 Å². The summed E-state index contributed by atoms with van der Waals surface area (Å²) in [5.41, 5.74) is 5.74. The number of nitrogens with zero attached hydrogens (tertiary/aromatic N) is 2. The predicted molar refractivity (Wildman–Crippen MR) is 97.4 cm³/mol. The fourth-order valence-electron chi connectivity index (χ4n) is 4.27. The maximum atomic E-state index is 12.4. The van der Waals surface area contributed by atoms with Gasteiger partial charge in [-0.25, -0.2) is 17.9 Å². The van der Waals surface area contributed by atoms with Crippen LogP contribution in [0.4, 0.5) is 10.5 Å². The Morgan fingerprint density at radius 2 is 1.77 bits per heavy atom. The number of rotatable bonds is 4. The smallest absolute Gasteiger partial charge is 0.307 e. The lowest BCUT2D eigenvalue weighted by molar-refractivity contribution is 0.208. The number of nitriles is 1. The minimum atomic E-state index is -3.74. The molecule has 0 bridgehead atoms. The second kappa shape index (κ2) is 6.56. The van der Waals surface area contributed by atoms with E-state index in [9.17, 15) is 13.2 Å². The molecule has 1 saturated heterocycles. The van der Waals surface area contributed by atoms with Crippen LogP contribution in [0, 0.1) is 11.3 Å². The molecule has 0 aromatic heterocycles. The normalized spacial score (nSPS) is 19.3. The molecule has 2 amide bonds. The first-order chi connectivity index (χ1) is 12.5. The molecule has 7 nitrogen and oxygen atoms in total. The lowest BCUT2D eigenvalue weighted by atomic mass is 9.99. The van der Waals surface area contributed by atoms with E-state index in [4.69, 9.17) is 5.26 Å². The molecule has 0 radical (unpaired) electrons. The van der Waals surface area contributed by atoms with Crippen LogP contribution in [-0.2, 0) is 35.7 Å². The molecule has 2 N–H and O–H groups in total. The maximum Gasteiger partial charge on any atom is 0.332 e. The van der Waals surface area contributed by atoms with Gasteiger partial charge in [0.2, 0.25) is 10.0 Å². The van der Waals surface area contributed by atoms with E-state index in [1.165, 1.54) is 22.3 Å². The van der Waals surface area contributed by atoms with E-state index in [1.807, 2.05) is 6.07 Å². The molecule has 8 heteroatoms. The Balaban J connectivity index is 1.47. The highest BCUT2D eigenvalue weighted by molar-refractivity contribution is 7.90. The van der Waals surface area contributed by atoms with Gasteiger partial charge in [-0.2, -0.15) is 5.26 Å². The lowest BCUT2D eigenvalue weighted by Gasteiger charge is -2.36. The molecule has 1 aliphatic heterocycles. The van der Waals surface area contributed by atoms with Crippen LogP contribution in [-0.4, -0.2) is 44.2 Å². The van der Waals surface area contributed by atoms with Crippen LogP contribution in [0.2, 0.25) is 0 Å². The molecule has 1 aromatic rings. The molecule has 0 atom stereocenters. The molecule has 26 heavy (non-hydrogen) atoms. The molecule has 1 aromatic carbocycles. The third kappa shape index (κ3) is 3.06. The summed E-state index contributed by atoms with van der Waals surface area (Å²) in [6.45, 7) is 0.777. The van der Waals surface area contributed by atoms with Crippen LogP contribution in [0.25, 0.3) is 0 Å². The Morgan fingerprint density at radius 3 is 2.35 bits per heavy atom.